The number of rotatable bonds is 2. The average molecular weight is 195 g/mol. The minimum atomic E-state index is 0.431. The summed E-state index contributed by atoms with van der Waals surface area (Å²) in [6.07, 6.45) is 0. The molecule has 0 unspecified atom stereocenters. The van der Waals surface area contributed by atoms with Crippen LogP contribution in [0, 0.1) is 0 Å². The molecule has 62 valence electrons. The molecule has 0 N–H and O–H groups in total. The maximum atomic E-state index is 9.18. The largest absolute Gasteiger partial charge is 0.468 e. The van der Waals surface area contributed by atoms with Crippen LogP contribution in [0.2, 0.25) is 4.47 Å². The molecular weight excluding hydrogens is 188 g/mol. The van der Waals surface area contributed by atoms with Crippen LogP contribution in [0.4, 0.5) is 0 Å². The second kappa shape index (κ2) is 7.43. The van der Waals surface area contributed by atoms with Gasteiger partial charge in [-0.25, -0.2) is 0 Å². The Morgan fingerprint density at radius 3 is 2.73 bits per heavy atom. The van der Waals surface area contributed by atoms with Crippen LogP contribution in [-0.4, -0.2) is 23.3 Å². The molecule has 0 saturated heterocycles. The first kappa shape index (κ1) is 10.3. The smallest absolute Gasteiger partial charge is 0.293 e. The lowest BCUT2D eigenvalue weighted by atomic mass is 10.9. The summed E-state index contributed by atoms with van der Waals surface area (Å²) in [4.78, 5) is 9.18. The highest BCUT2D eigenvalue weighted by Gasteiger charge is 1.81. The molecule has 0 atom stereocenters. The molecule has 4 nitrogen and oxygen atoms in total. The van der Waals surface area contributed by atoms with Crippen molar-refractivity contribution in [2.75, 3.05) is 6.61 Å². The molecule has 1 heterocycles. The van der Waals surface area contributed by atoms with Gasteiger partial charge in [-0.3, -0.25) is 4.79 Å². The van der Waals surface area contributed by atoms with Gasteiger partial charge in [0, 0.05) is 0 Å². The van der Waals surface area contributed by atoms with E-state index in [4.69, 9.17) is 11.6 Å². The number of carbonyl (C=O) groups is 1. The fraction of sp³-hybridized carbons (Fsp3) is 0.400. The summed E-state index contributed by atoms with van der Waals surface area (Å²) in [7, 11) is 0. The Balaban J connectivity index is 0.000000187. The molecule has 0 aromatic carbocycles. The zero-order valence-corrected chi connectivity index (χ0v) is 7.43. The van der Waals surface area contributed by atoms with Crippen molar-refractivity contribution < 1.29 is 9.53 Å². The van der Waals surface area contributed by atoms with Crippen LogP contribution in [-0.2, 0) is 9.53 Å². The van der Waals surface area contributed by atoms with Crippen molar-refractivity contribution in [3.8, 4) is 0 Å². The molecule has 0 aliphatic heterocycles. The fourth-order valence-electron chi connectivity index (χ4n) is 0.228. The second-order valence-corrected chi connectivity index (χ2v) is 2.66. The lowest BCUT2D eigenvalue weighted by molar-refractivity contribution is -0.128. The third kappa shape index (κ3) is 7.21. The molecule has 0 saturated carbocycles. The first-order valence-electron chi connectivity index (χ1n) is 2.78. The number of hydrogen-bond acceptors (Lipinski definition) is 5. The lowest BCUT2D eigenvalue weighted by Gasteiger charge is -1.79. The minimum absolute atomic E-state index is 0.431. The maximum absolute atomic E-state index is 9.18. The predicted octanol–water partition coefficient (Wildman–Crippen LogP) is 1.37. The first-order valence-corrected chi connectivity index (χ1v) is 4.04. The fourth-order valence-corrected chi connectivity index (χ4v) is 0.666. The number of nitrogens with zero attached hydrogens (tertiary/aromatic N) is 2. The average Bonchev–Trinajstić information content (AvgIpc) is 2.43. The van der Waals surface area contributed by atoms with E-state index in [0.29, 0.717) is 17.5 Å². The van der Waals surface area contributed by atoms with E-state index in [9.17, 15) is 4.79 Å². The quantitative estimate of drug-likeness (QED) is 0.668. The summed E-state index contributed by atoms with van der Waals surface area (Å²) in [5.41, 5.74) is 1.59. The van der Waals surface area contributed by atoms with E-state index in [0.717, 1.165) is 0 Å². The monoisotopic (exact) mass is 194 g/mol. The van der Waals surface area contributed by atoms with Gasteiger partial charge in [0.15, 0.2) is 0 Å². The van der Waals surface area contributed by atoms with Gasteiger partial charge in [-0.05, 0) is 18.5 Å². The molecule has 1 aromatic heterocycles. The van der Waals surface area contributed by atoms with Crippen molar-refractivity contribution in [3.05, 3.63) is 9.98 Å². The van der Waals surface area contributed by atoms with Gasteiger partial charge in [0.2, 0.25) is 4.47 Å². The number of ether oxygens (including phenoxy) is 1. The predicted molar refractivity (Wildman–Crippen MR) is 42.6 cm³/mol. The molecule has 11 heavy (non-hydrogen) atoms. The molecule has 0 amide bonds. The van der Waals surface area contributed by atoms with Crippen molar-refractivity contribution in [1.29, 1.82) is 0 Å². The topological polar surface area (TPSA) is 52.1 Å². The molecular formula is C5H7ClN2O2S. The summed E-state index contributed by atoms with van der Waals surface area (Å²) in [6, 6.07) is 0. The Bertz CT molecular complexity index is 181. The summed E-state index contributed by atoms with van der Waals surface area (Å²) in [5.74, 6) is 0. The van der Waals surface area contributed by atoms with Crippen LogP contribution in [0.3, 0.4) is 0 Å². The Morgan fingerprint density at radius 1 is 1.91 bits per heavy atom. The zero-order chi connectivity index (χ0) is 8.53. The highest BCUT2D eigenvalue weighted by molar-refractivity contribution is 7.13. The van der Waals surface area contributed by atoms with Crippen LogP contribution >= 0.6 is 22.9 Å². The molecule has 1 rings (SSSR count). The van der Waals surface area contributed by atoms with Crippen LogP contribution in [0.25, 0.3) is 0 Å². The van der Waals surface area contributed by atoms with Gasteiger partial charge in [0.05, 0.1) is 6.61 Å². The SMILES string of the molecule is CCOC=O.Clc1nncs1. The van der Waals surface area contributed by atoms with E-state index in [2.05, 4.69) is 14.9 Å². The molecule has 0 aliphatic carbocycles. The highest BCUT2D eigenvalue weighted by atomic mass is 35.5. The molecule has 0 fully saturated rings. The third-order valence-corrected chi connectivity index (χ3v) is 1.39. The number of halogens is 1. The summed E-state index contributed by atoms with van der Waals surface area (Å²) >= 11 is 6.62. The number of carbonyl (C=O) groups excluding carboxylic acids is 1. The van der Waals surface area contributed by atoms with Crippen LogP contribution in [0.5, 0.6) is 0 Å². The van der Waals surface area contributed by atoms with Gasteiger partial charge in [-0.15, -0.1) is 10.2 Å². The Labute approximate surface area is 73.2 Å². The highest BCUT2D eigenvalue weighted by Crippen LogP contribution is 2.06. The number of aromatic nitrogens is 2. The van der Waals surface area contributed by atoms with E-state index in [1.165, 1.54) is 11.3 Å². The van der Waals surface area contributed by atoms with Crippen molar-refractivity contribution >= 4 is 29.4 Å². The standard InChI is InChI=1S/C3H6O2.C2HClN2S/c1-2-5-3-4;3-2-5-4-1-6-2/h3H,2H2,1H3;1H. The van der Waals surface area contributed by atoms with E-state index in [1.807, 2.05) is 0 Å². The maximum Gasteiger partial charge on any atom is 0.293 e. The molecule has 0 bridgehead atoms. The molecule has 0 spiro atoms. The van der Waals surface area contributed by atoms with Gasteiger partial charge < -0.3 is 4.74 Å². The van der Waals surface area contributed by atoms with Crippen LogP contribution < -0.4 is 0 Å². The normalized spacial score (nSPS) is 7.82. The summed E-state index contributed by atoms with van der Waals surface area (Å²) in [6.45, 7) is 2.66. The summed E-state index contributed by atoms with van der Waals surface area (Å²) < 4.78 is 4.65. The Hall–Kier alpha value is -0.680. The van der Waals surface area contributed by atoms with Gasteiger partial charge >= 0.3 is 0 Å². The Morgan fingerprint density at radius 2 is 2.64 bits per heavy atom. The van der Waals surface area contributed by atoms with Crippen molar-refractivity contribution in [3.63, 3.8) is 0 Å². The lowest BCUT2D eigenvalue weighted by Crippen LogP contribution is -1.80. The molecule has 6 heteroatoms. The van der Waals surface area contributed by atoms with E-state index >= 15 is 0 Å². The molecule has 0 radical (unpaired) electrons. The van der Waals surface area contributed by atoms with E-state index < -0.39 is 0 Å². The zero-order valence-electron chi connectivity index (χ0n) is 5.86. The van der Waals surface area contributed by atoms with Gasteiger partial charge in [-0.1, -0.05) is 11.3 Å². The van der Waals surface area contributed by atoms with Gasteiger partial charge in [0.1, 0.15) is 5.51 Å². The van der Waals surface area contributed by atoms with Crippen LogP contribution in [0.1, 0.15) is 6.92 Å². The van der Waals surface area contributed by atoms with Gasteiger partial charge in [0.25, 0.3) is 6.47 Å². The van der Waals surface area contributed by atoms with E-state index in [-0.39, 0.29) is 0 Å². The number of hydrogen-bond donors (Lipinski definition) is 0. The van der Waals surface area contributed by atoms with Crippen LogP contribution in [0.15, 0.2) is 5.51 Å². The van der Waals surface area contributed by atoms with E-state index in [1.54, 1.807) is 12.4 Å². The first-order chi connectivity index (χ1) is 5.31. The summed E-state index contributed by atoms with van der Waals surface area (Å²) in [5, 5.41) is 6.91. The molecule has 1 aromatic rings. The van der Waals surface area contributed by atoms with Crippen molar-refractivity contribution in [2.24, 2.45) is 0 Å². The Kier molecular flexibility index (Phi) is 6.97. The van der Waals surface area contributed by atoms with Crippen molar-refractivity contribution in [2.45, 2.75) is 6.92 Å². The minimum Gasteiger partial charge on any atom is -0.468 e. The van der Waals surface area contributed by atoms with Gasteiger partial charge in [-0.2, -0.15) is 0 Å². The third-order valence-electron chi connectivity index (χ3n) is 0.568. The molecule has 0 aliphatic rings. The second-order valence-electron chi connectivity index (χ2n) is 1.24. The van der Waals surface area contributed by atoms with Crippen molar-refractivity contribution in [1.82, 2.24) is 10.2 Å².